The van der Waals surface area contributed by atoms with Crippen LogP contribution in [-0.2, 0) is 14.3 Å². The second-order valence-electron chi connectivity index (χ2n) is 9.53. The van der Waals surface area contributed by atoms with Crippen LogP contribution in [0.2, 0.25) is 0 Å². The number of hydrogen-bond acceptors (Lipinski definition) is 4. The molecular formula is C28H34N2O5. The molecule has 0 spiro atoms. The molecule has 7 nitrogen and oxygen atoms in total. The Morgan fingerprint density at radius 3 is 2.20 bits per heavy atom. The number of unbranched alkanes of at least 4 members (excludes halogenated alkanes) is 3. The molecule has 1 saturated carbocycles. The van der Waals surface area contributed by atoms with Crippen molar-refractivity contribution in [1.29, 1.82) is 0 Å². The van der Waals surface area contributed by atoms with Gasteiger partial charge in [0.05, 0.1) is 5.92 Å². The second kappa shape index (κ2) is 11.9. The number of hydrogen-bond donors (Lipinski definition) is 3. The minimum Gasteiger partial charge on any atom is -0.481 e. The van der Waals surface area contributed by atoms with Gasteiger partial charge in [-0.3, -0.25) is 9.59 Å². The van der Waals surface area contributed by atoms with Gasteiger partial charge in [0.25, 0.3) is 0 Å². The van der Waals surface area contributed by atoms with E-state index in [2.05, 4.69) is 34.9 Å². The zero-order valence-corrected chi connectivity index (χ0v) is 20.0. The largest absolute Gasteiger partial charge is 0.481 e. The number of carbonyl (C=O) groups is 3. The number of rotatable bonds is 11. The lowest BCUT2D eigenvalue weighted by molar-refractivity contribution is -0.141. The van der Waals surface area contributed by atoms with Gasteiger partial charge in [0, 0.05) is 24.9 Å². The number of ether oxygens (including phenoxy) is 1. The van der Waals surface area contributed by atoms with Gasteiger partial charge in [0.1, 0.15) is 6.61 Å². The summed E-state index contributed by atoms with van der Waals surface area (Å²) in [5.41, 5.74) is 4.80. The van der Waals surface area contributed by atoms with E-state index in [9.17, 15) is 14.4 Å². The van der Waals surface area contributed by atoms with Gasteiger partial charge in [-0.2, -0.15) is 0 Å². The van der Waals surface area contributed by atoms with Crippen molar-refractivity contribution in [3.63, 3.8) is 0 Å². The number of benzene rings is 2. The molecule has 3 N–H and O–H groups in total. The number of fused-ring (bicyclic) bond motifs is 3. The van der Waals surface area contributed by atoms with Gasteiger partial charge < -0.3 is 20.5 Å². The summed E-state index contributed by atoms with van der Waals surface area (Å²) >= 11 is 0. The average Bonchev–Trinajstić information content (AvgIpc) is 3.45. The Morgan fingerprint density at radius 1 is 0.886 bits per heavy atom. The maximum atomic E-state index is 12.2. The monoisotopic (exact) mass is 478 g/mol. The van der Waals surface area contributed by atoms with Crippen LogP contribution in [0.5, 0.6) is 0 Å². The average molecular weight is 479 g/mol. The first kappa shape index (κ1) is 24.8. The Bertz CT molecular complexity index is 1010. The fourth-order valence-electron chi connectivity index (χ4n) is 5.24. The van der Waals surface area contributed by atoms with E-state index in [4.69, 9.17) is 9.84 Å². The Labute approximate surface area is 206 Å². The fraction of sp³-hybridized carbons (Fsp3) is 0.464. The highest BCUT2D eigenvalue weighted by molar-refractivity contribution is 5.79. The molecule has 7 heteroatoms. The third-order valence-corrected chi connectivity index (χ3v) is 7.09. The van der Waals surface area contributed by atoms with Gasteiger partial charge in [-0.1, -0.05) is 61.4 Å². The molecule has 2 atom stereocenters. The number of nitrogens with one attached hydrogen (secondary N) is 2. The molecule has 2 aromatic rings. The quantitative estimate of drug-likeness (QED) is 0.401. The van der Waals surface area contributed by atoms with Crippen LogP contribution >= 0.6 is 0 Å². The van der Waals surface area contributed by atoms with Gasteiger partial charge in [0.15, 0.2) is 0 Å². The first-order valence-electron chi connectivity index (χ1n) is 12.6. The van der Waals surface area contributed by atoms with Crippen LogP contribution < -0.4 is 10.6 Å². The van der Waals surface area contributed by atoms with Crippen LogP contribution in [0.25, 0.3) is 11.1 Å². The molecule has 0 aliphatic heterocycles. The van der Waals surface area contributed by atoms with Crippen LogP contribution in [0.3, 0.4) is 0 Å². The highest BCUT2D eigenvalue weighted by Gasteiger charge is 2.30. The van der Waals surface area contributed by atoms with Crippen molar-refractivity contribution in [3.05, 3.63) is 59.7 Å². The highest BCUT2D eigenvalue weighted by atomic mass is 16.5. The van der Waals surface area contributed by atoms with E-state index < -0.39 is 12.1 Å². The Kier molecular flexibility index (Phi) is 8.40. The van der Waals surface area contributed by atoms with Crippen LogP contribution in [0.4, 0.5) is 4.79 Å². The lowest BCUT2D eigenvalue weighted by Crippen LogP contribution is -2.33. The third kappa shape index (κ3) is 6.41. The first-order chi connectivity index (χ1) is 17.0. The zero-order valence-electron chi connectivity index (χ0n) is 20.0. The van der Waals surface area contributed by atoms with Crippen LogP contribution in [0.1, 0.15) is 68.4 Å². The number of amides is 2. The van der Waals surface area contributed by atoms with E-state index in [-0.39, 0.29) is 23.8 Å². The van der Waals surface area contributed by atoms with E-state index in [0.717, 1.165) is 32.1 Å². The van der Waals surface area contributed by atoms with Crippen molar-refractivity contribution in [1.82, 2.24) is 10.6 Å². The van der Waals surface area contributed by atoms with E-state index in [1.807, 2.05) is 24.3 Å². The molecule has 2 amide bonds. The van der Waals surface area contributed by atoms with Crippen molar-refractivity contribution in [3.8, 4) is 11.1 Å². The summed E-state index contributed by atoms with van der Waals surface area (Å²) in [6.45, 7) is 0.852. The lowest BCUT2D eigenvalue weighted by Gasteiger charge is -2.14. The highest BCUT2D eigenvalue weighted by Crippen LogP contribution is 2.44. The minimum atomic E-state index is -0.770. The van der Waals surface area contributed by atoms with Gasteiger partial charge in [-0.05, 0) is 54.4 Å². The summed E-state index contributed by atoms with van der Waals surface area (Å²) in [5.74, 6) is -1.05. The maximum absolute atomic E-state index is 12.2. The summed E-state index contributed by atoms with van der Waals surface area (Å²) in [6, 6.07) is 16.5. The van der Waals surface area contributed by atoms with E-state index in [1.54, 1.807) is 0 Å². The summed E-state index contributed by atoms with van der Waals surface area (Å²) in [4.78, 5) is 35.3. The fourth-order valence-corrected chi connectivity index (χ4v) is 5.24. The number of aliphatic carboxylic acids is 1. The second-order valence-corrected chi connectivity index (χ2v) is 9.53. The van der Waals surface area contributed by atoms with Crippen LogP contribution in [0.15, 0.2) is 48.5 Å². The lowest BCUT2D eigenvalue weighted by atomic mass is 9.98. The molecule has 2 aromatic carbocycles. The van der Waals surface area contributed by atoms with E-state index in [0.29, 0.717) is 32.4 Å². The van der Waals surface area contributed by atoms with Crippen molar-refractivity contribution in [2.24, 2.45) is 5.92 Å². The molecule has 186 valence electrons. The van der Waals surface area contributed by atoms with Gasteiger partial charge in [-0.15, -0.1) is 0 Å². The van der Waals surface area contributed by atoms with Gasteiger partial charge >= 0.3 is 12.1 Å². The number of alkyl carbamates (subject to hydrolysis) is 1. The molecule has 35 heavy (non-hydrogen) atoms. The third-order valence-electron chi connectivity index (χ3n) is 7.09. The Hall–Kier alpha value is -3.35. The number of carboxylic acids is 1. The maximum Gasteiger partial charge on any atom is 0.407 e. The molecule has 0 saturated heterocycles. The van der Waals surface area contributed by atoms with Crippen molar-refractivity contribution in [2.45, 2.75) is 63.3 Å². The van der Waals surface area contributed by atoms with Crippen molar-refractivity contribution >= 4 is 18.0 Å². The normalized spacial score (nSPS) is 18.5. The molecule has 0 heterocycles. The minimum absolute atomic E-state index is 0.00204. The molecule has 2 aliphatic carbocycles. The molecule has 0 bridgehead atoms. The van der Waals surface area contributed by atoms with Gasteiger partial charge in [-0.25, -0.2) is 4.79 Å². The SMILES string of the molecule is O=C(CCCCCCNC(=O)OCC1c2ccccc2-c2ccccc21)NC1CCC(C(=O)O)C1. The smallest absolute Gasteiger partial charge is 0.407 e. The zero-order chi connectivity index (χ0) is 24.6. The van der Waals surface area contributed by atoms with Gasteiger partial charge in [0.2, 0.25) is 5.91 Å². The van der Waals surface area contributed by atoms with Crippen LogP contribution in [-0.4, -0.2) is 42.3 Å². The summed E-state index contributed by atoms with van der Waals surface area (Å²) < 4.78 is 5.54. The number of carbonyl (C=O) groups excluding carboxylic acids is 2. The summed E-state index contributed by atoms with van der Waals surface area (Å²) in [7, 11) is 0. The van der Waals surface area contributed by atoms with E-state index in [1.165, 1.54) is 22.3 Å². The standard InChI is InChI=1S/C28H34N2O5/c31-26(30-20-15-14-19(17-20)27(32)33)13-3-1-2-8-16-29-28(34)35-18-25-23-11-6-4-9-21(23)22-10-5-7-12-24(22)25/h4-7,9-12,19-20,25H,1-3,8,13-18H2,(H,29,34)(H,30,31)(H,32,33). The Balaban J connectivity index is 1.07. The number of carboxylic acid groups (broad SMARTS) is 1. The molecule has 4 rings (SSSR count). The Morgan fingerprint density at radius 2 is 1.54 bits per heavy atom. The van der Waals surface area contributed by atoms with Crippen LogP contribution in [0, 0.1) is 5.92 Å². The molecular weight excluding hydrogens is 444 g/mol. The van der Waals surface area contributed by atoms with Crippen molar-refractivity contribution in [2.75, 3.05) is 13.2 Å². The van der Waals surface area contributed by atoms with Crippen molar-refractivity contribution < 1.29 is 24.2 Å². The molecule has 1 fully saturated rings. The molecule has 0 aromatic heterocycles. The molecule has 0 radical (unpaired) electrons. The topological polar surface area (TPSA) is 105 Å². The molecule has 2 aliphatic rings. The summed E-state index contributed by atoms with van der Waals surface area (Å²) in [6.07, 6.45) is 5.39. The summed E-state index contributed by atoms with van der Waals surface area (Å²) in [5, 5.41) is 14.8. The predicted molar refractivity (Wildman–Crippen MR) is 133 cm³/mol. The predicted octanol–water partition coefficient (Wildman–Crippen LogP) is 4.85. The molecule has 2 unspecified atom stereocenters. The first-order valence-corrected chi connectivity index (χ1v) is 12.6. The van der Waals surface area contributed by atoms with E-state index >= 15 is 0 Å².